The highest BCUT2D eigenvalue weighted by molar-refractivity contribution is 5.96. The van der Waals surface area contributed by atoms with Crippen molar-refractivity contribution in [1.82, 2.24) is 44.5 Å². The SMILES string of the molecule is CC(C)c1cc(-c2n[nH]c(=O)n2-c2ccc3c(ccn3CCC3CCN(C(=O)CC[C@@H](NC(=O)c4ccc(CCc5c[nH]c6nc(N)[nH]c(=O)c56)cc4)C(=O)O)CC3)c2)c(O)cc1O. The molecular weight excluding hydrogens is 821 g/mol. The maximum Gasteiger partial charge on any atom is 0.348 e. The van der Waals surface area contributed by atoms with Crippen molar-refractivity contribution >= 4 is 45.7 Å². The molecule has 4 aromatic heterocycles. The van der Waals surface area contributed by atoms with E-state index in [1.807, 2.05) is 44.3 Å². The molecule has 9 N–H and O–H groups in total. The second kappa shape index (κ2) is 18.0. The second-order valence-corrected chi connectivity index (χ2v) is 16.7. The summed E-state index contributed by atoms with van der Waals surface area (Å²) in [7, 11) is 0. The summed E-state index contributed by atoms with van der Waals surface area (Å²) < 4.78 is 3.56. The number of carbonyl (C=O) groups excluding carboxylic acids is 2. The van der Waals surface area contributed by atoms with Crippen LogP contribution in [-0.4, -0.2) is 91.4 Å². The third kappa shape index (κ3) is 8.97. The van der Waals surface area contributed by atoms with Crippen LogP contribution >= 0.6 is 0 Å². The summed E-state index contributed by atoms with van der Waals surface area (Å²) in [6.07, 6.45) is 7.31. The fourth-order valence-corrected chi connectivity index (χ4v) is 8.61. The van der Waals surface area contributed by atoms with E-state index in [0.717, 1.165) is 47.8 Å². The van der Waals surface area contributed by atoms with Gasteiger partial charge in [0.15, 0.2) is 5.82 Å². The van der Waals surface area contributed by atoms with E-state index in [-0.39, 0.29) is 59.1 Å². The molecule has 1 saturated heterocycles. The lowest BCUT2D eigenvalue weighted by molar-refractivity contribution is -0.139. The molecule has 18 nitrogen and oxygen atoms in total. The molecule has 0 saturated carbocycles. The van der Waals surface area contributed by atoms with Crippen LogP contribution in [-0.2, 0) is 29.0 Å². The van der Waals surface area contributed by atoms with Gasteiger partial charge in [0.1, 0.15) is 23.2 Å². The summed E-state index contributed by atoms with van der Waals surface area (Å²) in [5, 5.41) is 41.6. The zero-order chi connectivity index (χ0) is 45.2. The molecule has 7 aromatic rings. The molecule has 0 spiro atoms. The number of rotatable bonds is 15. The number of phenolic OH excluding ortho intramolecular Hbond substituents is 2. The van der Waals surface area contributed by atoms with Crippen molar-refractivity contribution in [2.24, 2.45) is 5.92 Å². The third-order valence-corrected chi connectivity index (χ3v) is 12.2. The molecular formula is C46H50N10O8. The molecule has 332 valence electrons. The number of carboxylic acid groups (broad SMARTS) is 1. The Morgan fingerprint density at radius 2 is 1.73 bits per heavy atom. The smallest absolute Gasteiger partial charge is 0.348 e. The van der Waals surface area contributed by atoms with Gasteiger partial charge in [-0.15, -0.1) is 0 Å². The van der Waals surface area contributed by atoms with Gasteiger partial charge in [0.25, 0.3) is 11.5 Å². The number of aromatic hydroxyl groups is 2. The number of H-pyrrole nitrogens is 3. The van der Waals surface area contributed by atoms with Crippen molar-refractivity contribution in [3.63, 3.8) is 0 Å². The van der Waals surface area contributed by atoms with Crippen molar-refractivity contribution in [2.45, 2.75) is 77.3 Å². The highest BCUT2D eigenvalue weighted by Crippen LogP contribution is 2.37. The number of amides is 2. The first-order valence-corrected chi connectivity index (χ1v) is 21.3. The molecule has 0 bridgehead atoms. The molecule has 5 heterocycles. The van der Waals surface area contributed by atoms with Crippen LogP contribution in [0.2, 0.25) is 0 Å². The Balaban J connectivity index is 0.805. The Bertz CT molecular complexity index is 2990. The average Bonchev–Trinajstić information content (AvgIpc) is 3.99. The predicted octanol–water partition coefficient (Wildman–Crippen LogP) is 4.94. The van der Waals surface area contributed by atoms with E-state index in [0.29, 0.717) is 59.7 Å². The maximum atomic E-state index is 13.2. The number of carboxylic acids is 1. The van der Waals surface area contributed by atoms with Crippen molar-refractivity contribution in [2.75, 3.05) is 18.8 Å². The van der Waals surface area contributed by atoms with Gasteiger partial charge in [0.05, 0.1) is 16.6 Å². The number of anilines is 1. The maximum absolute atomic E-state index is 13.2. The minimum Gasteiger partial charge on any atom is -0.508 e. The summed E-state index contributed by atoms with van der Waals surface area (Å²) >= 11 is 0. The lowest BCUT2D eigenvalue weighted by atomic mass is 9.93. The molecule has 8 rings (SSSR count). The van der Waals surface area contributed by atoms with E-state index < -0.39 is 23.6 Å². The Hall–Kier alpha value is -7.63. The Morgan fingerprint density at radius 1 is 0.969 bits per heavy atom. The van der Waals surface area contributed by atoms with Crippen LogP contribution in [0, 0.1) is 5.92 Å². The summed E-state index contributed by atoms with van der Waals surface area (Å²) in [5.74, 6) is -1.53. The molecule has 2 amide bonds. The molecule has 0 aliphatic carbocycles. The number of aryl methyl sites for hydroxylation is 3. The van der Waals surface area contributed by atoms with Gasteiger partial charge in [-0.2, -0.15) is 10.1 Å². The first-order valence-electron chi connectivity index (χ1n) is 21.3. The number of nitrogens with zero attached hydrogens (tertiary/aromatic N) is 5. The Labute approximate surface area is 365 Å². The normalized spacial score (nSPS) is 13.8. The number of likely N-dealkylation sites (tertiary alicyclic amines) is 1. The highest BCUT2D eigenvalue weighted by Gasteiger charge is 2.27. The number of nitrogen functional groups attached to an aromatic ring is 1. The van der Waals surface area contributed by atoms with Gasteiger partial charge in [-0.25, -0.2) is 19.3 Å². The molecule has 1 atom stereocenters. The molecule has 64 heavy (non-hydrogen) atoms. The topological polar surface area (TPSA) is 270 Å². The average molecular weight is 871 g/mol. The number of aromatic nitrogens is 7. The number of hydrogen-bond acceptors (Lipinski definition) is 10. The molecule has 0 unspecified atom stereocenters. The molecule has 1 fully saturated rings. The van der Waals surface area contributed by atoms with Crippen molar-refractivity contribution in [1.29, 1.82) is 0 Å². The number of phenols is 2. The number of aliphatic carboxylic acids is 1. The first-order chi connectivity index (χ1) is 30.7. The van der Waals surface area contributed by atoms with Crippen molar-refractivity contribution in [3.05, 3.63) is 116 Å². The lowest BCUT2D eigenvalue weighted by Crippen LogP contribution is -2.43. The molecule has 1 aliphatic rings. The monoisotopic (exact) mass is 870 g/mol. The molecule has 18 heteroatoms. The molecule has 3 aromatic carbocycles. The van der Waals surface area contributed by atoms with E-state index in [1.54, 1.807) is 41.4 Å². The van der Waals surface area contributed by atoms with Crippen LogP contribution in [0.15, 0.2) is 82.6 Å². The number of nitrogens with two attached hydrogens (primary N) is 1. The number of fused-ring (bicyclic) bond motifs is 2. The number of piperidine rings is 1. The van der Waals surface area contributed by atoms with Gasteiger partial charge >= 0.3 is 11.7 Å². The predicted molar refractivity (Wildman–Crippen MR) is 240 cm³/mol. The standard InChI is InChI=1S/C46H50N10O8/c1-25(2)32-22-33(37(58)23-36(32)57)41-52-53-46(64)56(41)31-9-11-35-29(21-31)16-20-54(35)17-13-27-14-18-55(19-15-27)38(59)12-10-34(44(62)63)49-42(60)28-6-3-26(4-7-28)5-8-30-24-48-40-39(30)43(61)51-45(47)50-40/h3-4,6-7,9,11,16,20-25,27,34,57-58H,5,8,10,12-15,17-19H2,1-2H3,(H,49,60)(H,53,64)(H,62,63)(H4,47,48,50,51,61)/t34-/m1/s1. The largest absolute Gasteiger partial charge is 0.508 e. The summed E-state index contributed by atoms with van der Waals surface area (Å²) in [5.41, 5.74) is 9.75. The van der Waals surface area contributed by atoms with E-state index >= 15 is 0 Å². The van der Waals surface area contributed by atoms with Gasteiger partial charge in [-0.1, -0.05) is 26.0 Å². The number of hydrogen-bond donors (Lipinski definition) is 8. The van der Waals surface area contributed by atoms with Crippen LogP contribution in [0.5, 0.6) is 11.5 Å². The van der Waals surface area contributed by atoms with Gasteiger partial charge < -0.3 is 40.8 Å². The zero-order valence-electron chi connectivity index (χ0n) is 35.4. The Kier molecular flexibility index (Phi) is 12.1. The fraction of sp³-hybridized carbons (Fsp3) is 0.326. The Morgan fingerprint density at radius 3 is 2.47 bits per heavy atom. The first kappa shape index (κ1) is 43.0. The number of benzene rings is 3. The van der Waals surface area contributed by atoms with E-state index in [2.05, 4.69) is 35.0 Å². The molecule has 0 radical (unpaired) electrons. The number of aromatic amines is 3. The van der Waals surface area contributed by atoms with Gasteiger partial charge in [-0.05, 0) is 110 Å². The zero-order valence-corrected chi connectivity index (χ0v) is 35.4. The van der Waals surface area contributed by atoms with Crippen LogP contribution < -0.4 is 22.3 Å². The second-order valence-electron chi connectivity index (χ2n) is 16.7. The van der Waals surface area contributed by atoms with Gasteiger partial charge in [0.2, 0.25) is 11.9 Å². The number of nitrogens with one attached hydrogen (secondary N) is 4. The quantitative estimate of drug-likeness (QED) is 0.0684. The van der Waals surface area contributed by atoms with Crippen molar-refractivity contribution in [3.8, 4) is 28.6 Å². The summed E-state index contributed by atoms with van der Waals surface area (Å²) in [6.45, 7) is 5.73. The highest BCUT2D eigenvalue weighted by atomic mass is 16.4. The van der Waals surface area contributed by atoms with E-state index in [4.69, 9.17) is 5.73 Å². The van der Waals surface area contributed by atoms with Crippen LogP contribution in [0.4, 0.5) is 5.95 Å². The van der Waals surface area contributed by atoms with Gasteiger partial charge in [0, 0.05) is 61.0 Å². The summed E-state index contributed by atoms with van der Waals surface area (Å²) in [6, 6.07) is 16.1. The number of carbonyl (C=O) groups is 3. The third-order valence-electron chi connectivity index (χ3n) is 12.2. The van der Waals surface area contributed by atoms with Crippen LogP contribution in [0.3, 0.4) is 0 Å². The van der Waals surface area contributed by atoms with E-state index in [1.165, 1.54) is 10.6 Å². The van der Waals surface area contributed by atoms with Crippen molar-refractivity contribution < 1.29 is 29.7 Å². The van der Waals surface area contributed by atoms with Crippen LogP contribution in [0.1, 0.15) is 78.9 Å². The minimum atomic E-state index is -1.24. The lowest BCUT2D eigenvalue weighted by Gasteiger charge is -2.32. The summed E-state index contributed by atoms with van der Waals surface area (Å²) in [4.78, 5) is 75.1. The van der Waals surface area contributed by atoms with E-state index in [9.17, 15) is 39.3 Å². The van der Waals surface area contributed by atoms with Gasteiger partial charge in [-0.3, -0.25) is 19.4 Å². The van der Waals surface area contributed by atoms with Crippen LogP contribution in [0.25, 0.3) is 39.0 Å². The minimum absolute atomic E-state index is 0.0154. The fourth-order valence-electron chi connectivity index (χ4n) is 8.61. The molecule has 1 aliphatic heterocycles.